The van der Waals surface area contributed by atoms with Crippen molar-refractivity contribution in [3.63, 3.8) is 0 Å². The summed E-state index contributed by atoms with van der Waals surface area (Å²) in [5, 5.41) is 14.1. The van der Waals surface area contributed by atoms with Gasteiger partial charge in [0.15, 0.2) is 0 Å². The first kappa shape index (κ1) is 17.9. The van der Waals surface area contributed by atoms with Crippen molar-refractivity contribution in [3.8, 4) is 11.1 Å². The van der Waals surface area contributed by atoms with Gasteiger partial charge < -0.3 is 5.11 Å². The van der Waals surface area contributed by atoms with Gasteiger partial charge in [0.1, 0.15) is 5.82 Å². The first-order valence-corrected chi connectivity index (χ1v) is 8.68. The highest BCUT2D eigenvalue weighted by Gasteiger charge is 2.11. The Labute approximate surface area is 157 Å². The van der Waals surface area contributed by atoms with Crippen LogP contribution in [0, 0.1) is 0 Å². The van der Waals surface area contributed by atoms with Gasteiger partial charge in [0.05, 0.1) is 12.1 Å². The average Bonchev–Trinajstić information content (AvgIpc) is 2.99. The lowest BCUT2D eigenvalue weighted by Crippen LogP contribution is -2.06. The first-order valence-electron chi connectivity index (χ1n) is 8.24. The monoisotopic (exact) mass is 365 g/mol. The van der Waals surface area contributed by atoms with E-state index in [9.17, 15) is 9.90 Å². The summed E-state index contributed by atoms with van der Waals surface area (Å²) >= 11 is 4.24. The second-order valence-corrected chi connectivity index (χ2v) is 6.21. The lowest BCUT2D eigenvalue weighted by molar-refractivity contribution is 0.0697. The van der Waals surface area contributed by atoms with E-state index in [0.29, 0.717) is 29.2 Å². The summed E-state index contributed by atoms with van der Waals surface area (Å²) in [4.78, 5) is 15.7. The summed E-state index contributed by atoms with van der Waals surface area (Å²) in [6.07, 6.45) is 4.71. The maximum absolute atomic E-state index is 11.4. The SMILES string of the molecule is C/C=C/Cc1nc(S)nn1Cc1ccc(-c2ccccc2C(=O)O)cc1. The van der Waals surface area contributed by atoms with E-state index in [4.69, 9.17) is 0 Å². The van der Waals surface area contributed by atoms with Crippen LogP contribution in [-0.2, 0) is 13.0 Å². The van der Waals surface area contributed by atoms with Crippen LogP contribution in [0.25, 0.3) is 11.1 Å². The number of rotatable bonds is 6. The number of carbonyl (C=O) groups is 1. The summed E-state index contributed by atoms with van der Waals surface area (Å²) in [6, 6.07) is 14.8. The van der Waals surface area contributed by atoms with Gasteiger partial charge >= 0.3 is 5.97 Å². The highest BCUT2D eigenvalue weighted by molar-refractivity contribution is 7.80. The molecule has 1 N–H and O–H groups in total. The summed E-state index contributed by atoms with van der Waals surface area (Å²) in [7, 11) is 0. The minimum atomic E-state index is -0.928. The Morgan fingerprint density at radius 1 is 1.19 bits per heavy atom. The van der Waals surface area contributed by atoms with Gasteiger partial charge in [-0.25, -0.2) is 14.5 Å². The number of allylic oxidation sites excluding steroid dienone is 2. The highest BCUT2D eigenvalue weighted by atomic mass is 32.1. The zero-order valence-corrected chi connectivity index (χ0v) is 15.2. The quantitative estimate of drug-likeness (QED) is 0.510. The molecule has 0 unspecified atom stereocenters. The normalized spacial score (nSPS) is 11.2. The van der Waals surface area contributed by atoms with Crippen LogP contribution in [0.3, 0.4) is 0 Å². The molecule has 0 radical (unpaired) electrons. The lowest BCUT2D eigenvalue weighted by atomic mass is 9.99. The number of thiol groups is 1. The molecule has 1 aromatic heterocycles. The van der Waals surface area contributed by atoms with Gasteiger partial charge in [0, 0.05) is 6.42 Å². The van der Waals surface area contributed by atoms with Gasteiger partial charge in [-0.1, -0.05) is 54.6 Å². The zero-order valence-electron chi connectivity index (χ0n) is 14.3. The van der Waals surface area contributed by atoms with Crippen LogP contribution in [0.5, 0.6) is 0 Å². The van der Waals surface area contributed by atoms with Crippen molar-refractivity contribution in [2.24, 2.45) is 0 Å². The fourth-order valence-electron chi connectivity index (χ4n) is 2.75. The van der Waals surface area contributed by atoms with Gasteiger partial charge in [0.25, 0.3) is 0 Å². The standard InChI is InChI=1S/C20H19N3O2S/c1-2-3-8-18-21-20(26)22-23(18)13-14-9-11-15(12-10-14)16-6-4-5-7-17(16)19(24)25/h2-7,9-12H,8,13H2,1H3,(H,22,26)(H,24,25)/b3-2+. The molecule has 6 heteroatoms. The number of aromatic nitrogens is 3. The van der Waals surface area contributed by atoms with E-state index in [1.54, 1.807) is 12.1 Å². The largest absolute Gasteiger partial charge is 0.478 e. The fraction of sp³-hybridized carbons (Fsp3) is 0.150. The Bertz CT molecular complexity index is 946. The van der Waals surface area contributed by atoms with E-state index in [1.165, 1.54) is 0 Å². The molecular formula is C20H19N3O2S. The molecule has 3 aromatic rings. The minimum Gasteiger partial charge on any atom is -0.478 e. The van der Waals surface area contributed by atoms with Crippen molar-refractivity contribution in [2.75, 3.05) is 0 Å². The molecule has 26 heavy (non-hydrogen) atoms. The first-order chi connectivity index (χ1) is 12.6. The summed E-state index contributed by atoms with van der Waals surface area (Å²) in [5.41, 5.74) is 2.93. The van der Waals surface area contributed by atoms with Crippen LogP contribution < -0.4 is 0 Å². The van der Waals surface area contributed by atoms with Gasteiger partial charge in [-0.3, -0.25) is 0 Å². The minimum absolute atomic E-state index is 0.296. The maximum atomic E-state index is 11.4. The van der Waals surface area contributed by atoms with E-state index >= 15 is 0 Å². The maximum Gasteiger partial charge on any atom is 0.336 e. The Kier molecular flexibility index (Phi) is 5.53. The van der Waals surface area contributed by atoms with Gasteiger partial charge in [-0.15, -0.1) is 17.7 Å². The van der Waals surface area contributed by atoms with Crippen molar-refractivity contribution in [3.05, 3.63) is 77.6 Å². The Morgan fingerprint density at radius 2 is 1.92 bits per heavy atom. The number of hydrogen-bond donors (Lipinski definition) is 2. The number of carboxylic acid groups (broad SMARTS) is 1. The van der Waals surface area contributed by atoms with Crippen LogP contribution in [0.2, 0.25) is 0 Å². The molecule has 0 spiro atoms. The Hall–Kier alpha value is -2.86. The molecule has 0 aliphatic heterocycles. The molecule has 3 rings (SSSR count). The van der Waals surface area contributed by atoms with E-state index in [1.807, 2.05) is 60.2 Å². The van der Waals surface area contributed by atoms with Crippen molar-refractivity contribution in [1.29, 1.82) is 0 Å². The third-order valence-corrected chi connectivity index (χ3v) is 4.22. The molecule has 0 atom stereocenters. The van der Waals surface area contributed by atoms with E-state index in [2.05, 4.69) is 22.7 Å². The second kappa shape index (κ2) is 8.01. The topological polar surface area (TPSA) is 68.0 Å². The van der Waals surface area contributed by atoms with Crippen molar-refractivity contribution in [1.82, 2.24) is 14.8 Å². The molecule has 0 aliphatic rings. The van der Waals surface area contributed by atoms with E-state index < -0.39 is 5.97 Å². The Balaban J connectivity index is 1.84. The van der Waals surface area contributed by atoms with Crippen LogP contribution in [0.15, 0.2) is 65.8 Å². The van der Waals surface area contributed by atoms with E-state index in [0.717, 1.165) is 17.0 Å². The summed E-state index contributed by atoms with van der Waals surface area (Å²) < 4.78 is 1.84. The van der Waals surface area contributed by atoms with Gasteiger partial charge in [-0.05, 0) is 29.7 Å². The molecule has 0 aliphatic carbocycles. The summed E-state index contributed by atoms with van der Waals surface area (Å²) in [6.45, 7) is 2.55. The summed E-state index contributed by atoms with van der Waals surface area (Å²) in [5.74, 6) is -0.0735. The van der Waals surface area contributed by atoms with Gasteiger partial charge in [-0.2, -0.15) is 0 Å². The molecule has 0 saturated heterocycles. The third-order valence-electron chi connectivity index (χ3n) is 4.03. The number of benzene rings is 2. The van der Waals surface area contributed by atoms with E-state index in [-0.39, 0.29) is 0 Å². The van der Waals surface area contributed by atoms with Gasteiger partial charge in [0.2, 0.25) is 5.16 Å². The van der Waals surface area contributed by atoms with Crippen molar-refractivity contribution in [2.45, 2.75) is 25.0 Å². The number of hydrogen-bond acceptors (Lipinski definition) is 4. The average molecular weight is 365 g/mol. The lowest BCUT2D eigenvalue weighted by Gasteiger charge is -2.08. The van der Waals surface area contributed by atoms with Crippen molar-refractivity contribution < 1.29 is 9.90 Å². The number of carboxylic acids is 1. The molecule has 0 saturated carbocycles. The second-order valence-electron chi connectivity index (χ2n) is 5.81. The molecule has 132 valence electrons. The fourth-order valence-corrected chi connectivity index (χ4v) is 2.97. The number of aromatic carboxylic acids is 1. The van der Waals surface area contributed by atoms with Crippen LogP contribution >= 0.6 is 12.6 Å². The molecule has 0 bridgehead atoms. The molecule has 2 aromatic carbocycles. The van der Waals surface area contributed by atoms with Crippen molar-refractivity contribution >= 4 is 18.6 Å². The van der Waals surface area contributed by atoms with Crippen LogP contribution in [0.4, 0.5) is 0 Å². The smallest absolute Gasteiger partial charge is 0.336 e. The molecule has 1 heterocycles. The third kappa shape index (κ3) is 4.03. The predicted molar refractivity (Wildman–Crippen MR) is 104 cm³/mol. The number of nitrogens with zero attached hydrogens (tertiary/aromatic N) is 3. The Morgan fingerprint density at radius 3 is 2.62 bits per heavy atom. The molecular weight excluding hydrogens is 346 g/mol. The predicted octanol–water partition coefficient (Wildman–Crippen LogP) is 4.10. The zero-order chi connectivity index (χ0) is 18.5. The molecule has 0 fully saturated rings. The molecule has 5 nitrogen and oxygen atoms in total. The van der Waals surface area contributed by atoms with Crippen LogP contribution in [0.1, 0.15) is 28.7 Å². The highest BCUT2D eigenvalue weighted by Crippen LogP contribution is 2.24. The van der Waals surface area contributed by atoms with Crippen LogP contribution in [-0.4, -0.2) is 25.8 Å². The molecule has 0 amide bonds.